The fraction of sp³-hybridized carbons (Fsp3) is 0.636. The zero-order valence-corrected chi connectivity index (χ0v) is 8.83. The van der Waals surface area contributed by atoms with E-state index >= 15 is 0 Å². The molecule has 0 bridgehead atoms. The molecule has 0 N–H and O–H groups in total. The average molecular weight is 166 g/mol. The normalized spacial score (nSPS) is 30.2. The first-order valence-corrected chi connectivity index (χ1v) is 4.59. The smallest absolute Gasteiger partial charge is 0.114 e. The zero-order valence-electron chi connectivity index (χ0n) is 8.83. The molecule has 0 aromatic rings. The highest BCUT2D eigenvalue weighted by molar-refractivity contribution is 5.21. The summed E-state index contributed by atoms with van der Waals surface area (Å²) in [5.41, 5.74) is 1.50. The molecule has 2 unspecified atom stereocenters. The summed E-state index contributed by atoms with van der Waals surface area (Å²) in [6.07, 6.45) is 6.72. The van der Waals surface area contributed by atoms with Crippen LogP contribution in [0.4, 0.5) is 0 Å². The molecule has 0 saturated heterocycles. The van der Waals surface area contributed by atoms with Crippen LogP contribution in [0.15, 0.2) is 23.8 Å². The molecule has 0 aromatic carbocycles. The van der Waals surface area contributed by atoms with Gasteiger partial charge in [0.2, 0.25) is 0 Å². The van der Waals surface area contributed by atoms with Crippen LogP contribution in [0.2, 0.25) is 0 Å². The molecular formula is C11H20N+. The van der Waals surface area contributed by atoms with E-state index in [1.54, 1.807) is 0 Å². The van der Waals surface area contributed by atoms with Crippen LogP contribution >= 0.6 is 0 Å². The monoisotopic (exact) mass is 166 g/mol. The number of likely N-dealkylation sites (N-methyl/N-ethyl adjacent to an activating group) is 1. The van der Waals surface area contributed by atoms with Gasteiger partial charge in [0, 0.05) is 5.92 Å². The van der Waals surface area contributed by atoms with E-state index in [0.717, 1.165) is 4.48 Å². The Kier molecular flexibility index (Phi) is 2.43. The number of nitrogens with zero attached hydrogens (tertiary/aromatic N) is 1. The highest BCUT2D eigenvalue weighted by Gasteiger charge is 2.29. The van der Waals surface area contributed by atoms with Gasteiger partial charge in [-0.05, 0) is 13.0 Å². The molecule has 0 fully saturated rings. The molecule has 1 aliphatic carbocycles. The lowest BCUT2D eigenvalue weighted by atomic mass is 9.88. The van der Waals surface area contributed by atoms with Crippen LogP contribution in [-0.4, -0.2) is 31.7 Å². The maximum atomic E-state index is 2.32. The van der Waals surface area contributed by atoms with E-state index in [1.165, 1.54) is 5.57 Å². The Morgan fingerprint density at radius 3 is 2.25 bits per heavy atom. The van der Waals surface area contributed by atoms with E-state index in [4.69, 9.17) is 0 Å². The van der Waals surface area contributed by atoms with E-state index in [0.29, 0.717) is 12.0 Å². The van der Waals surface area contributed by atoms with Gasteiger partial charge in [-0.1, -0.05) is 24.6 Å². The molecule has 1 heteroatoms. The van der Waals surface area contributed by atoms with Gasteiger partial charge < -0.3 is 4.48 Å². The minimum Gasteiger partial charge on any atom is -0.325 e. The average Bonchev–Trinajstić information content (AvgIpc) is 1.92. The first-order valence-electron chi connectivity index (χ1n) is 4.59. The molecule has 1 aliphatic rings. The first kappa shape index (κ1) is 9.53. The molecule has 0 spiro atoms. The molecular weight excluding hydrogens is 146 g/mol. The summed E-state index contributed by atoms with van der Waals surface area (Å²) in [6.45, 7) is 4.53. The zero-order chi connectivity index (χ0) is 9.35. The minimum absolute atomic E-state index is 0.634. The number of quaternary nitrogens is 1. The lowest BCUT2D eigenvalue weighted by molar-refractivity contribution is -0.892. The lowest BCUT2D eigenvalue weighted by Crippen LogP contribution is -2.48. The largest absolute Gasteiger partial charge is 0.325 e. The third-order valence-corrected chi connectivity index (χ3v) is 2.79. The van der Waals surface area contributed by atoms with Crippen molar-refractivity contribution in [2.75, 3.05) is 21.1 Å². The van der Waals surface area contributed by atoms with Crippen molar-refractivity contribution >= 4 is 0 Å². The second kappa shape index (κ2) is 3.06. The standard InChI is InChI=1S/C11H20N/c1-9-7-6-8-11(10(9)2)12(3,4)5/h6-8,10-11H,1-5H3/q+1. The SMILES string of the molecule is CC1=CC=CC([N+](C)(C)C)C1C. The molecule has 0 amide bonds. The predicted molar refractivity (Wildman–Crippen MR) is 53.9 cm³/mol. The third-order valence-electron chi connectivity index (χ3n) is 2.79. The van der Waals surface area contributed by atoms with Gasteiger partial charge in [0.05, 0.1) is 21.1 Å². The van der Waals surface area contributed by atoms with Gasteiger partial charge in [-0.25, -0.2) is 0 Å². The maximum Gasteiger partial charge on any atom is 0.114 e. The molecule has 0 aliphatic heterocycles. The molecule has 1 nitrogen and oxygen atoms in total. The lowest BCUT2D eigenvalue weighted by Gasteiger charge is -2.37. The summed E-state index contributed by atoms with van der Waals surface area (Å²) in [5, 5.41) is 0. The number of allylic oxidation sites excluding steroid dienone is 2. The Labute approximate surface area is 76.0 Å². The fourth-order valence-electron chi connectivity index (χ4n) is 1.84. The second-order valence-corrected chi connectivity index (χ2v) is 4.69. The topological polar surface area (TPSA) is 0 Å². The Bertz CT molecular complexity index is 218. The molecule has 0 heterocycles. The predicted octanol–water partition coefficient (Wildman–Crippen LogP) is 2.21. The van der Waals surface area contributed by atoms with E-state index in [9.17, 15) is 0 Å². The van der Waals surface area contributed by atoms with Crippen molar-refractivity contribution in [1.82, 2.24) is 0 Å². The van der Waals surface area contributed by atoms with Crippen LogP contribution in [0.5, 0.6) is 0 Å². The van der Waals surface area contributed by atoms with E-state index < -0.39 is 0 Å². The van der Waals surface area contributed by atoms with Crippen LogP contribution < -0.4 is 0 Å². The highest BCUT2D eigenvalue weighted by atomic mass is 15.3. The minimum atomic E-state index is 0.634. The van der Waals surface area contributed by atoms with E-state index in [-0.39, 0.29) is 0 Å². The van der Waals surface area contributed by atoms with Crippen molar-refractivity contribution in [3.05, 3.63) is 23.8 Å². The molecule has 0 aromatic heterocycles. The van der Waals surface area contributed by atoms with Gasteiger partial charge in [-0.3, -0.25) is 0 Å². The summed E-state index contributed by atoms with van der Waals surface area (Å²) in [7, 11) is 6.76. The fourth-order valence-corrected chi connectivity index (χ4v) is 1.84. The molecule has 1 rings (SSSR count). The Hall–Kier alpha value is -0.560. The van der Waals surface area contributed by atoms with Crippen LogP contribution in [-0.2, 0) is 0 Å². The Morgan fingerprint density at radius 2 is 1.83 bits per heavy atom. The quantitative estimate of drug-likeness (QED) is 0.524. The Morgan fingerprint density at radius 1 is 1.25 bits per heavy atom. The van der Waals surface area contributed by atoms with Gasteiger partial charge in [0.15, 0.2) is 0 Å². The third kappa shape index (κ3) is 1.78. The summed E-state index contributed by atoms with van der Waals surface area (Å²) in [6, 6.07) is 0.634. The number of hydrogen-bond acceptors (Lipinski definition) is 0. The van der Waals surface area contributed by atoms with Gasteiger partial charge in [-0.15, -0.1) is 0 Å². The summed E-state index contributed by atoms with van der Waals surface area (Å²) >= 11 is 0. The molecule has 2 atom stereocenters. The van der Waals surface area contributed by atoms with Gasteiger partial charge in [0.1, 0.15) is 6.04 Å². The van der Waals surface area contributed by atoms with Crippen molar-refractivity contribution in [2.24, 2.45) is 5.92 Å². The molecule has 0 radical (unpaired) electrons. The van der Waals surface area contributed by atoms with Crippen molar-refractivity contribution in [2.45, 2.75) is 19.9 Å². The van der Waals surface area contributed by atoms with Crippen LogP contribution in [0.25, 0.3) is 0 Å². The summed E-state index contributed by atoms with van der Waals surface area (Å²) < 4.78 is 1.02. The van der Waals surface area contributed by atoms with Crippen molar-refractivity contribution in [1.29, 1.82) is 0 Å². The molecule has 0 saturated carbocycles. The number of rotatable bonds is 1. The summed E-state index contributed by atoms with van der Waals surface area (Å²) in [5.74, 6) is 0.676. The van der Waals surface area contributed by atoms with Crippen LogP contribution in [0.3, 0.4) is 0 Å². The second-order valence-electron chi connectivity index (χ2n) is 4.69. The van der Waals surface area contributed by atoms with Crippen LogP contribution in [0.1, 0.15) is 13.8 Å². The molecule has 12 heavy (non-hydrogen) atoms. The van der Waals surface area contributed by atoms with Crippen molar-refractivity contribution in [3.8, 4) is 0 Å². The van der Waals surface area contributed by atoms with Gasteiger partial charge in [-0.2, -0.15) is 0 Å². The highest BCUT2D eigenvalue weighted by Crippen LogP contribution is 2.25. The van der Waals surface area contributed by atoms with E-state index in [2.05, 4.69) is 53.2 Å². The summed E-state index contributed by atoms with van der Waals surface area (Å²) in [4.78, 5) is 0. The van der Waals surface area contributed by atoms with Gasteiger partial charge >= 0.3 is 0 Å². The van der Waals surface area contributed by atoms with E-state index in [1.807, 2.05) is 0 Å². The number of hydrogen-bond donors (Lipinski definition) is 0. The van der Waals surface area contributed by atoms with Gasteiger partial charge in [0.25, 0.3) is 0 Å². The Balaban J connectivity index is 2.84. The first-order chi connectivity index (χ1) is 5.43. The van der Waals surface area contributed by atoms with Crippen molar-refractivity contribution < 1.29 is 4.48 Å². The van der Waals surface area contributed by atoms with Crippen molar-refractivity contribution in [3.63, 3.8) is 0 Å². The maximum absolute atomic E-state index is 2.32. The van der Waals surface area contributed by atoms with Crippen LogP contribution in [0, 0.1) is 5.92 Å². The molecule has 68 valence electrons.